The number of carbonyl (C=O) groups excluding carboxylic acids is 1. The molecule has 3 aromatic rings. The van der Waals surface area contributed by atoms with Crippen molar-refractivity contribution in [3.63, 3.8) is 0 Å². The summed E-state index contributed by atoms with van der Waals surface area (Å²) in [6.45, 7) is 0.844. The minimum Gasteiger partial charge on any atom is -0.476 e. The highest BCUT2D eigenvalue weighted by atomic mass is 35.5. The summed E-state index contributed by atoms with van der Waals surface area (Å²) < 4.78 is 34.1. The fourth-order valence-corrected chi connectivity index (χ4v) is 2.69. The SMILES string of the molecule is COc1nn(-c2ccc(F)c(NC(C)=O)c2)c(=O)n(Cc2cnc(Cl)c(F)c2)c1=O. The molecular formula is C18H14ClF2N5O4. The molecule has 30 heavy (non-hydrogen) atoms. The van der Waals surface area contributed by atoms with E-state index < -0.39 is 34.7 Å². The number of aromatic nitrogens is 4. The normalized spacial score (nSPS) is 10.7. The van der Waals surface area contributed by atoms with Crippen molar-refractivity contribution < 1.29 is 18.3 Å². The highest BCUT2D eigenvalue weighted by Crippen LogP contribution is 2.18. The van der Waals surface area contributed by atoms with Crippen molar-refractivity contribution in [2.45, 2.75) is 13.5 Å². The Morgan fingerprint density at radius 1 is 1.23 bits per heavy atom. The second-order valence-corrected chi connectivity index (χ2v) is 6.41. The van der Waals surface area contributed by atoms with E-state index in [2.05, 4.69) is 15.4 Å². The third kappa shape index (κ3) is 4.20. The number of hydrogen-bond acceptors (Lipinski definition) is 6. The first kappa shape index (κ1) is 21.1. The number of rotatable bonds is 5. The third-order valence-electron chi connectivity index (χ3n) is 3.92. The quantitative estimate of drug-likeness (QED) is 0.609. The summed E-state index contributed by atoms with van der Waals surface area (Å²) in [5, 5.41) is 5.78. The number of halogens is 3. The van der Waals surface area contributed by atoms with E-state index in [1.165, 1.54) is 32.4 Å². The van der Waals surface area contributed by atoms with Crippen molar-refractivity contribution in [3.05, 3.63) is 73.7 Å². The van der Waals surface area contributed by atoms with E-state index >= 15 is 0 Å². The van der Waals surface area contributed by atoms with Crippen LogP contribution in [0.2, 0.25) is 5.15 Å². The molecule has 0 fully saturated rings. The molecule has 1 aromatic carbocycles. The zero-order chi connectivity index (χ0) is 22.0. The second kappa shape index (κ2) is 8.41. The Labute approximate surface area is 172 Å². The van der Waals surface area contributed by atoms with Crippen LogP contribution in [0.25, 0.3) is 5.69 Å². The molecule has 9 nitrogen and oxygen atoms in total. The summed E-state index contributed by atoms with van der Waals surface area (Å²) in [7, 11) is 1.18. The minimum absolute atomic E-state index is 0.0533. The van der Waals surface area contributed by atoms with Crippen molar-refractivity contribution >= 4 is 23.2 Å². The van der Waals surface area contributed by atoms with Gasteiger partial charge in [-0.3, -0.25) is 9.59 Å². The van der Waals surface area contributed by atoms with Crippen LogP contribution in [-0.4, -0.2) is 32.3 Å². The fraction of sp³-hybridized carbons (Fsp3) is 0.167. The van der Waals surface area contributed by atoms with Crippen molar-refractivity contribution in [1.82, 2.24) is 19.3 Å². The minimum atomic E-state index is -0.906. The molecule has 3 rings (SSSR count). The molecule has 0 aliphatic rings. The van der Waals surface area contributed by atoms with Crippen LogP contribution in [0.15, 0.2) is 40.1 Å². The molecule has 0 saturated carbocycles. The molecule has 2 heterocycles. The van der Waals surface area contributed by atoms with Crippen LogP contribution in [0, 0.1) is 11.6 Å². The maximum atomic E-state index is 13.9. The van der Waals surface area contributed by atoms with E-state index in [0.717, 1.165) is 21.4 Å². The van der Waals surface area contributed by atoms with Gasteiger partial charge in [-0.15, -0.1) is 5.10 Å². The first-order valence-electron chi connectivity index (χ1n) is 8.37. The van der Waals surface area contributed by atoms with Crippen molar-refractivity contribution in [2.24, 2.45) is 0 Å². The highest BCUT2D eigenvalue weighted by molar-refractivity contribution is 6.29. The molecule has 12 heteroatoms. The molecule has 0 atom stereocenters. The predicted octanol–water partition coefficient (Wildman–Crippen LogP) is 1.74. The molecule has 156 valence electrons. The molecule has 1 N–H and O–H groups in total. The Morgan fingerprint density at radius 2 is 1.97 bits per heavy atom. The number of hydrogen-bond donors (Lipinski definition) is 1. The smallest absolute Gasteiger partial charge is 0.352 e. The summed E-state index contributed by atoms with van der Waals surface area (Å²) in [6.07, 6.45) is 1.21. The molecule has 0 radical (unpaired) electrons. The molecule has 0 aliphatic carbocycles. The van der Waals surface area contributed by atoms with Gasteiger partial charge in [-0.1, -0.05) is 11.6 Å². The fourth-order valence-electron chi connectivity index (χ4n) is 2.59. The Balaban J connectivity index is 2.16. The van der Waals surface area contributed by atoms with Gasteiger partial charge in [0.25, 0.3) is 5.88 Å². The number of anilines is 1. The number of methoxy groups -OCH3 is 1. The molecule has 2 aromatic heterocycles. The second-order valence-electron chi connectivity index (χ2n) is 6.06. The average molecular weight is 438 g/mol. The average Bonchev–Trinajstić information content (AvgIpc) is 2.69. The van der Waals surface area contributed by atoms with Crippen LogP contribution in [0.5, 0.6) is 5.88 Å². The van der Waals surface area contributed by atoms with E-state index in [1.54, 1.807) is 0 Å². The largest absolute Gasteiger partial charge is 0.476 e. The van der Waals surface area contributed by atoms with Gasteiger partial charge < -0.3 is 10.1 Å². The van der Waals surface area contributed by atoms with Gasteiger partial charge in [0.2, 0.25) is 5.91 Å². The van der Waals surface area contributed by atoms with E-state index in [1.807, 2.05) is 0 Å². The number of nitrogens with zero attached hydrogens (tertiary/aromatic N) is 4. The predicted molar refractivity (Wildman–Crippen MR) is 103 cm³/mol. The number of ether oxygens (including phenoxy) is 1. The van der Waals surface area contributed by atoms with Gasteiger partial charge in [-0.05, 0) is 29.8 Å². The topological polar surface area (TPSA) is 108 Å². The lowest BCUT2D eigenvalue weighted by molar-refractivity contribution is -0.114. The number of pyridine rings is 1. The molecule has 0 unspecified atom stereocenters. The van der Waals surface area contributed by atoms with E-state index in [4.69, 9.17) is 16.3 Å². The molecule has 0 bridgehead atoms. The van der Waals surface area contributed by atoms with Crippen molar-refractivity contribution in [2.75, 3.05) is 12.4 Å². The van der Waals surface area contributed by atoms with Crippen LogP contribution in [-0.2, 0) is 11.3 Å². The molecule has 0 spiro atoms. The Hall–Kier alpha value is -3.60. The Kier molecular flexibility index (Phi) is 5.92. The molecular weight excluding hydrogens is 424 g/mol. The lowest BCUT2D eigenvalue weighted by atomic mass is 10.2. The maximum Gasteiger partial charge on any atom is 0.352 e. The number of nitrogens with one attached hydrogen (secondary N) is 1. The van der Waals surface area contributed by atoms with Crippen LogP contribution in [0.3, 0.4) is 0 Å². The standard InChI is InChI=1S/C18H14ClF2N5O4/c1-9(27)23-14-6-11(3-4-12(14)20)26-18(29)25(17(28)16(24-26)30-2)8-10-5-13(21)15(19)22-7-10/h3-7H,8H2,1-2H3,(H,23,27). The van der Waals surface area contributed by atoms with Crippen molar-refractivity contribution in [1.29, 1.82) is 0 Å². The van der Waals surface area contributed by atoms with Gasteiger partial charge in [0.05, 0.1) is 25.0 Å². The molecule has 0 saturated heterocycles. The Morgan fingerprint density at radius 3 is 2.60 bits per heavy atom. The first-order chi connectivity index (χ1) is 14.2. The number of benzene rings is 1. The highest BCUT2D eigenvalue weighted by Gasteiger charge is 2.17. The maximum absolute atomic E-state index is 13.9. The van der Waals surface area contributed by atoms with E-state index in [9.17, 15) is 23.2 Å². The number of carbonyl (C=O) groups is 1. The van der Waals surface area contributed by atoms with Gasteiger partial charge in [0.1, 0.15) is 5.82 Å². The first-order valence-corrected chi connectivity index (χ1v) is 8.74. The van der Waals surface area contributed by atoms with Gasteiger partial charge in [0, 0.05) is 13.1 Å². The van der Waals surface area contributed by atoms with Gasteiger partial charge in [-0.25, -0.2) is 23.1 Å². The zero-order valence-corrected chi connectivity index (χ0v) is 16.4. The van der Waals surface area contributed by atoms with Gasteiger partial charge in [-0.2, -0.15) is 4.68 Å². The van der Waals surface area contributed by atoms with E-state index in [-0.39, 0.29) is 28.6 Å². The van der Waals surface area contributed by atoms with Gasteiger partial charge in [0.15, 0.2) is 11.0 Å². The summed E-state index contributed by atoms with van der Waals surface area (Å²) in [4.78, 5) is 40.4. The van der Waals surface area contributed by atoms with Crippen LogP contribution in [0.1, 0.15) is 12.5 Å². The summed E-state index contributed by atoms with van der Waals surface area (Å²) >= 11 is 5.55. The third-order valence-corrected chi connectivity index (χ3v) is 4.20. The summed E-state index contributed by atoms with van der Waals surface area (Å²) in [6, 6.07) is 4.45. The van der Waals surface area contributed by atoms with Gasteiger partial charge >= 0.3 is 11.2 Å². The number of amides is 1. The van der Waals surface area contributed by atoms with Crippen LogP contribution >= 0.6 is 11.6 Å². The van der Waals surface area contributed by atoms with Crippen LogP contribution < -0.4 is 21.3 Å². The van der Waals surface area contributed by atoms with Crippen LogP contribution in [0.4, 0.5) is 14.5 Å². The molecule has 1 amide bonds. The Bertz CT molecular complexity index is 1260. The van der Waals surface area contributed by atoms with E-state index in [0.29, 0.717) is 0 Å². The summed E-state index contributed by atoms with van der Waals surface area (Å²) in [5.74, 6) is -2.50. The lowest BCUT2D eigenvalue weighted by Crippen LogP contribution is -2.41. The lowest BCUT2D eigenvalue weighted by Gasteiger charge is -2.13. The zero-order valence-electron chi connectivity index (χ0n) is 15.6. The molecule has 0 aliphatic heterocycles. The monoisotopic (exact) mass is 437 g/mol. The van der Waals surface area contributed by atoms with Crippen molar-refractivity contribution in [3.8, 4) is 11.6 Å². The summed E-state index contributed by atoms with van der Waals surface area (Å²) in [5.41, 5.74) is -1.71.